The molecule has 10 heavy (non-hydrogen) atoms. The van der Waals surface area contributed by atoms with Crippen LogP contribution in [0.25, 0.3) is 0 Å². The summed E-state index contributed by atoms with van der Waals surface area (Å²) in [6.07, 6.45) is -0.345. The van der Waals surface area contributed by atoms with Crippen LogP contribution < -0.4 is 0 Å². The lowest BCUT2D eigenvalue weighted by Gasteiger charge is -2.18. The van der Waals surface area contributed by atoms with Crippen molar-refractivity contribution >= 4 is 0 Å². The van der Waals surface area contributed by atoms with Crippen molar-refractivity contribution in [2.75, 3.05) is 7.11 Å². The van der Waals surface area contributed by atoms with Crippen LogP contribution in [0.15, 0.2) is 0 Å². The zero-order valence-corrected chi connectivity index (χ0v) is 6.38. The maximum absolute atomic E-state index is 8.53. The van der Waals surface area contributed by atoms with Gasteiger partial charge in [-0.25, -0.2) is 0 Å². The standard InChI is InChI=1S/C7H10N2O/c1-6(10-3)7(2,4-8)5-9/h6H,1-3H3. The Kier molecular flexibility index (Phi) is 2.86. The molecule has 0 aliphatic carbocycles. The molecule has 0 amide bonds. The molecule has 1 unspecified atom stereocenters. The fourth-order valence-corrected chi connectivity index (χ4v) is 0.443. The number of nitrogens with zero attached hydrogens (tertiary/aromatic N) is 2. The molecule has 3 nitrogen and oxygen atoms in total. The van der Waals surface area contributed by atoms with Gasteiger partial charge in [-0.05, 0) is 13.8 Å². The summed E-state index contributed by atoms with van der Waals surface area (Å²) in [7, 11) is 1.48. The van der Waals surface area contributed by atoms with Crippen molar-refractivity contribution in [2.24, 2.45) is 5.41 Å². The van der Waals surface area contributed by atoms with Crippen molar-refractivity contribution in [3.8, 4) is 12.1 Å². The topological polar surface area (TPSA) is 56.8 Å². The Bertz CT molecular complexity index is 173. The second-order valence-electron chi connectivity index (χ2n) is 2.30. The van der Waals surface area contributed by atoms with Crippen LogP contribution in [0.4, 0.5) is 0 Å². The third-order valence-electron chi connectivity index (χ3n) is 1.63. The predicted octanol–water partition coefficient (Wildman–Crippen LogP) is 1.07. The van der Waals surface area contributed by atoms with Crippen molar-refractivity contribution in [1.82, 2.24) is 0 Å². The Morgan fingerprint density at radius 1 is 1.40 bits per heavy atom. The van der Waals surface area contributed by atoms with E-state index < -0.39 is 5.41 Å². The van der Waals surface area contributed by atoms with Crippen LogP contribution in [0.1, 0.15) is 13.8 Å². The fourth-order valence-electron chi connectivity index (χ4n) is 0.443. The van der Waals surface area contributed by atoms with Crippen LogP contribution >= 0.6 is 0 Å². The quantitative estimate of drug-likeness (QED) is 0.573. The lowest BCUT2D eigenvalue weighted by atomic mass is 9.89. The van der Waals surface area contributed by atoms with Crippen LogP contribution in [0.3, 0.4) is 0 Å². The number of methoxy groups -OCH3 is 1. The molecule has 54 valence electrons. The smallest absolute Gasteiger partial charge is 0.166 e. The first kappa shape index (κ1) is 8.94. The maximum Gasteiger partial charge on any atom is 0.166 e. The molecule has 0 aromatic heterocycles. The van der Waals surface area contributed by atoms with E-state index in [9.17, 15) is 0 Å². The van der Waals surface area contributed by atoms with E-state index in [0.717, 1.165) is 0 Å². The first-order valence-electron chi connectivity index (χ1n) is 2.96. The lowest BCUT2D eigenvalue weighted by Crippen LogP contribution is -2.28. The molecular formula is C7H10N2O. The minimum atomic E-state index is -1.02. The van der Waals surface area contributed by atoms with Crippen LogP contribution in [0, 0.1) is 28.1 Å². The monoisotopic (exact) mass is 138 g/mol. The van der Waals surface area contributed by atoms with E-state index in [0.29, 0.717) is 0 Å². The van der Waals surface area contributed by atoms with Gasteiger partial charge in [0, 0.05) is 7.11 Å². The van der Waals surface area contributed by atoms with Gasteiger partial charge in [0.15, 0.2) is 5.41 Å². The molecule has 3 heteroatoms. The van der Waals surface area contributed by atoms with E-state index in [4.69, 9.17) is 15.3 Å². The average Bonchev–Trinajstić information content (AvgIpc) is 2.01. The summed E-state index contributed by atoms with van der Waals surface area (Å²) in [6, 6.07) is 3.79. The van der Waals surface area contributed by atoms with E-state index in [2.05, 4.69) is 0 Å². The number of hydrogen-bond acceptors (Lipinski definition) is 3. The Morgan fingerprint density at radius 3 is 1.90 bits per heavy atom. The van der Waals surface area contributed by atoms with Gasteiger partial charge in [-0.2, -0.15) is 10.5 Å². The molecule has 0 spiro atoms. The number of nitriles is 2. The van der Waals surface area contributed by atoms with Crippen LogP contribution in [-0.2, 0) is 4.74 Å². The highest BCUT2D eigenvalue weighted by Gasteiger charge is 2.31. The van der Waals surface area contributed by atoms with Gasteiger partial charge in [0.2, 0.25) is 0 Å². The zero-order chi connectivity index (χ0) is 8.20. The van der Waals surface area contributed by atoms with Gasteiger partial charge in [-0.3, -0.25) is 0 Å². The summed E-state index contributed by atoms with van der Waals surface area (Å²) >= 11 is 0. The van der Waals surface area contributed by atoms with Gasteiger partial charge >= 0.3 is 0 Å². The molecule has 0 saturated carbocycles. The Morgan fingerprint density at radius 2 is 1.80 bits per heavy atom. The van der Waals surface area contributed by atoms with Gasteiger partial charge in [0.05, 0.1) is 18.2 Å². The molecule has 0 bridgehead atoms. The van der Waals surface area contributed by atoms with Crippen molar-refractivity contribution in [3.05, 3.63) is 0 Å². The SMILES string of the molecule is COC(C)C(C)(C#N)C#N. The molecule has 0 aliphatic heterocycles. The van der Waals surface area contributed by atoms with Crippen LogP contribution in [0.2, 0.25) is 0 Å². The number of rotatable bonds is 2. The number of hydrogen-bond donors (Lipinski definition) is 0. The molecular weight excluding hydrogens is 128 g/mol. The van der Waals surface area contributed by atoms with Gasteiger partial charge in [0.25, 0.3) is 0 Å². The van der Waals surface area contributed by atoms with Gasteiger partial charge in [-0.1, -0.05) is 0 Å². The Balaban J connectivity index is 4.41. The van der Waals surface area contributed by atoms with E-state index in [1.807, 2.05) is 12.1 Å². The first-order valence-corrected chi connectivity index (χ1v) is 2.96. The van der Waals surface area contributed by atoms with Gasteiger partial charge < -0.3 is 4.74 Å². The summed E-state index contributed by atoms with van der Waals surface area (Å²) in [6.45, 7) is 3.26. The predicted molar refractivity (Wildman–Crippen MR) is 35.8 cm³/mol. The summed E-state index contributed by atoms with van der Waals surface area (Å²) in [5.74, 6) is 0. The summed E-state index contributed by atoms with van der Waals surface area (Å²) in [5, 5.41) is 17.1. The molecule has 0 rings (SSSR count). The molecule has 0 aliphatic rings. The van der Waals surface area contributed by atoms with E-state index >= 15 is 0 Å². The molecule has 1 atom stereocenters. The van der Waals surface area contributed by atoms with Crippen molar-refractivity contribution in [3.63, 3.8) is 0 Å². The largest absolute Gasteiger partial charge is 0.379 e. The highest BCUT2D eigenvalue weighted by molar-refractivity contribution is 5.14. The minimum absolute atomic E-state index is 0.345. The van der Waals surface area contributed by atoms with Crippen LogP contribution in [0.5, 0.6) is 0 Å². The molecule has 0 aromatic carbocycles. The molecule has 0 radical (unpaired) electrons. The normalized spacial score (nSPS) is 13.3. The van der Waals surface area contributed by atoms with Crippen LogP contribution in [-0.4, -0.2) is 13.2 Å². The summed E-state index contributed by atoms with van der Waals surface area (Å²) in [5.41, 5.74) is -1.02. The molecule has 0 aromatic rings. The lowest BCUT2D eigenvalue weighted by molar-refractivity contribution is 0.0661. The third kappa shape index (κ3) is 1.46. The molecule has 0 heterocycles. The highest BCUT2D eigenvalue weighted by atomic mass is 16.5. The summed E-state index contributed by atoms with van der Waals surface area (Å²) < 4.78 is 4.85. The van der Waals surface area contributed by atoms with Crippen molar-refractivity contribution in [2.45, 2.75) is 20.0 Å². The second kappa shape index (κ2) is 3.20. The Hall–Kier alpha value is -1.06. The van der Waals surface area contributed by atoms with Crippen molar-refractivity contribution in [1.29, 1.82) is 10.5 Å². The van der Waals surface area contributed by atoms with E-state index in [-0.39, 0.29) is 6.10 Å². The van der Waals surface area contributed by atoms with Gasteiger partial charge in [-0.15, -0.1) is 0 Å². The highest BCUT2D eigenvalue weighted by Crippen LogP contribution is 2.20. The van der Waals surface area contributed by atoms with E-state index in [1.165, 1.54) is 7.11 Å². The third-order valence-corrected chi connectivity index (χ3v) is 1.63. The number of ether oxygens (including phenoxy) is 1. The van der Waals surface area contributed by atoms with Gasteiger partial charge in [0.1, 0.15) is 0 Å². The minimum Gasteiger partial charge on any atom is -0.379 e. The molecule has 0 N–H and O–H groups in total. The first-order chi connectivity index (χ1) is 4.60. The second-order valence-corrected chi connectivity index (χ2v) is 2.30. The zero-order valence-electron chi connectivity index (χ0n) is 6.38. The summed E-state index contributed by atoms with van der Waals surface area (Å²) in [4.78, 5) is 0. The maximum atomic E-state index is 8.53. The molecule has 0 saturated heterocycles. The Labute approximate surface area is 60.8 Å². The van der Waals surface area contributed by atoms with Crippen molar-refractivity contribution < 1.29 is 4.74 Å². The average molecular weight is 138 g/mol. The van der Waals surface area contributed by atoms with E-state index in [1.54, 1.807) is 13.8 Å². The molecule has 0 fully saturated rings. The fraction of sp³-hybridized carbons (Fsp3) is 0.714.